The first kappa shape index (κ1) is 22.8. The molecular weight excluding hydrogens is 436 g/mol. The Hall–Kier alpha value is -2.85. The van der Waals surface area contributed by atoms with Crippen LogP contribution >= 0.6 is 12.2 Å². The molecule has 31 heavy (non-hydrogen) atoms. The standard InChI is InChI=1S/C21H26N4O4S2/c1-29-19-13-6-5-12-18(19)25-31(27,28)17-11-7-8-15(14-17)20(26)23-24-21(30)22-16-9-3-2-4-10-16/h5-8,11-14,16,25H,2-4,9-10H2,1H3,(H,23,26)(H2,22,24,30). The monoisotopic (exact) mass is 462 g/mol. The Labute approximate surface area is 187 Å². The van der Waals surface area contributed by atoms with E-state index in [0.717, 1.165) is 25.7 Å². The van der Waals surface area contributed by atoms with Gasteiger partial charge in [0.25, 0.3) is 15.9 Å². The molecule has 0 aromatic heterocycles. The van der Waals surface area contributed by atoms with Crippen molar-refractivity contribution in [3.63, 3.8) is 0 Å². The van der Waals surface area contributed by atoms with E-state index in [2.05, 4.69) is 20.9 Å². The molecule has 3 rings (SSSR count). The summed E-state index contributed by atoms with van der Waals surface area (Å²) in [5.41, 5.74) is 5.67. The van der Waals surface area contributed by atoms with Crippen LogP contribution in [0.25, 0.3) is 0 Å². The summed E-state index contributed by atoms with van der Waals surface area (Å²) in [5.74, 6) is -0.106. The lowest BCUT2D eigenvalue weighted by Crippen LogP contribution is -2.50. The Morgan fingerprint density at radius 2 is 1.77 bits per heavy atom. The zero-order chi connectivity index (χ0) is 22.3. The number of ether oxygens (including phenoxy) is 1. The topological polar surface area (TPSA) is 109 Å². The first-order valence-electron chi connectivity index (χ1n) is 10.0. The van der Waals surface area contributed by atoms with Gasteiger partial charge in [-0.05, 0) is 55.4 Å². The number of hydrazine groups is 1. The van der Waals surface area contributed by atoms with E-state index in [1.165, 1.54) is 37.8 Å². The van der Waals surface area contributed by atoms with E-state index in [4.69, 9.17) is 17.0 Å². The quantitative estimate of drug-likeness (QED) is 0.386. The fourth-order valence-electron chi connectivity index (χ4n) is 3.39. The third-order valence-electron chi connectivity index (χ3n) is 4.99. The number of anilines is 1. The van der Waals surface area contributed by atoms with Crippen molar-refractivity contribution in [2.24, 2.45) is 0 Å². The second-order valence-electron chi connectivity index (χ2n) is 7.22. The largest absolute Gasteiger partial charge is 0.495 e. The predicted octanol–water partition coefficient (Wildman–Crippen LogP) is 2.94. The molecule has 0 aliphatic heterocycles. The van der Waals surface area contributed by atoms with Crippen LogP contribution in [0.4, 0.5) is 5.69 Å². The van der Waals surface area contributed by atoms with Gasteiger partial charge in [0.05, 0.1) is 17.7 Å². The van der Waals surface area contributed by atoms with Crippen molar-refractivity contribution in [3.05, 3.63) is 54.1 Å². The zero-order valence-electron chi connectivity index (χ0n) is 17.2. The number of hydrogen-bond donors (Lipinski definition) is 4. The van der Waals surface area contributed by atoms with Crippen LogP contribution in [0.15, 0.2) is 53.4 Å². The third kappa shape index (κ3) is 6.31. The molecule has 8 nitrogen and oxygen atoms in total. The Morgan fingerprint density at radius 1 is 1.03 bits per heavy atom. The first-order chi connectivity index (χ1) is 14.9. The molecule has 1 fully saturated rings. The molecule has 2 aromatic rings. The third-order valence-corrected chi connectivity index (χ3v) is 6.57. The molecule has 0 radical (unpaired) electrons. The molecule has 0 saturated heterocycles. The van der Waals surface area contributed by atoms with E-state index in [9.17, 15) is 13.2 Å². The van der Waals surface area contributed by atoms with Crippen molar-refractivity contribution in [1.82, 2.24) is 16.2 Å². The van der Waals surface area contributed by atoms with Crippen molar-refractivity contribution >= 4 is 38.9 Å². The van der Waals surface area contributed by atoms with E-state index >= 15 is 0 Å². The lowest BCUT2D eigenvalue weighted by atomic mass is 9.96. The van der Waals surface area contributed by atoms with Crippen LogP contribution in [0.2, 0.25) is 0 Å². The zero-order valence-corrected chi connectivity index (χ0v) is 18.8. The SMILES string of the molecule is COc1ccccc1NS(=O)(=O)c1cccc(C(=O)NNC(=S)NC2CCCCC2)c1. The molecule has 0 spiro atoms. The summed E-state index contributed by atoms with van der Waals surface area (Å²) in [6, 6.07) is 12.7. The molecule has 0 unspecified atom stereocenters. The molecule has 1 amide bonds. The number of carbonyl (C=O) groups is 1. The number of sulfonamides is 1. The highest BCUT2D eigenvalue weighted by Crippen LogP contribution is 2.26. The second-order valence-corrected chi connectivity index (χ2v) is 9.31. The van der Waals surface area contributed by atoms with Crippen molar-refractivity contribution in [2.75, 3.05) is 11.8 Å². The lowest BCUT2D eigenvalue weighted by Gasteiger charge is -2.24. The number of carbonyl (C=O) groups excluding carboxylic acids is 1. The van der Waals surface area contributed by atoms with Crippen LogP contribution in [0.5, 0.6) is 5.75 Å². The van der Waals surface area contributed by atoms with Crippen molar-refractivity contribution in [3.8, 4) is 5.75 Å². The van der Waals surface area contributed by atoms with Crippen LogP contribution in [0.1, 0.15) is 42.5 Å². The summed E-state index contributed by atoms with van der Waals surface area (Å²) >= 11 is 5.23. The number of thiocarbonyl (C=S) groups is 1. The number of amides is 1. The second kappa shape index (κ2) is 10.5. The van der Waals surface area contributed by atoms with Gasteiger partial charge in [-0.15, -0.1) is 0 Å². The van der Waals surface area contributed by atoms with Crippen LogP contribution in [0, 0.1) is 0 Å². The molecule has 2 aromatic carbocycles. The molecule has 166 valence electrons. The Morgan fingerprint density at radius 3 is 2.52 bits per heavy atom. The summed E-state index contributed by atoms with van der Waals surface area (Å²) in [6.07, 6.45) is 5.66. The molecule has 10 heteroatoms. The molecular formula is C21H26N4O4S2. The normalized spacial score (nSPS) is 14.4. The molecule has 1 aliphatic rings. The van der Waals surface area contributed by atoms with E-state index in [1.54, 1.807) is 24.3 Å². The smallest absolute Gasteiger partial charge is 0.269 e. The molecule has 0 atom stereocenters. The maximum Gasteiger partial charge on any atom is 0.269 e. The van der Waals surface area contributed by atoms with Gasteiger partial charge in [-0.25, -0.2) is 8.42 Å². The maximum absolute atomic E-state index is 12.8. The van der Waals surface area contributed by atoms with Gasteiger partial charge in [0, 0.05) is 11.6 Å². The van der Waals surface area contributed by atoms with E-state index in [1.807, 2.05) is 0 Å². The van der Waals surface area contributed by atoms with Crippen LogP contribution in [0.3, 0.4) is 0 Å². The molecule has 0 heterocycles. The fourth-order valence-corrected chi connectivity index (χ4v) is 4.72. The summed E-state index contributed by atoms with van der Waals surface area (Å²) in [7, 11) is -2.46. The number of methoxy groups -OCH3 is 1. The molecule has 1 saturated carbocycles. The van der Waals surface area contributed by atoms with Gasteiger partial charge < -0.3 is 10.1 Å². The summed E-state index contributed by atoms with van der Waals surface area (Å²) in [6.45, 7) is 0. The number of para-hydroxylation sites is 2. The van der Waals surface area contributed by atoms with E-state index in [-0.39, 0.29) is 10.5 Å². The summed E-state index contributed by atoms with van der Waals surface area (Å²) in [4.78, 5) is 12.4. The van der Waals surface area contributed by atoms with Gasteiger partial charge in [-0.3, -0.25) is 20.4 Å². The Kier molecular flexibility index (Phi) is 7.69. The highest BCUT2D eigenvalue weighted by Gasteiger charge is 2.19. The average Bonchev–Trinajstić information content (AvgIpc) is 2.78. The van der Waals surface area contributed by atoms with Crippen LogP contribution < -0.4 is 25.6 Å². The Balaban J connectivity index is 1.63. The minimum absolute atomic E-state index is 0.0473. The van der Waals surface area contributed by atoms with Crippen LogP contribution in [-0.4, -0.2) is 32.6 Å². The molecule has 1 aliphatic carbocycles. The van der Waals surface area contributed by atoms with Crippen molar-refractivity contribution < 1.29 is 17.9 Å². The van der Waals surface area contributed by atoms with Gasteiger partial charge in [-0.1, -0.05) is 37.5 Å². The number of nitrogens with one attached hydrogen (secondary N) is 4. The van der Waals surface area contributed by atoms with Crippen molar-refractivity contribution in [1.29, 1.82) is 0 Å². The number of hydrogen-bond acceptors (Lipinski definition) is 5. The number of benzene rings is 2. The van der Waals surface area contributed by atoms with Gasteiger partial charge in [0.15, 0.2) is 5.11 Å². The lowest BCUT2D eigenvalue weighted by molar-refractivity contribution is 0.0943. The number of rotatable bonds is 6. The van der Waals surface area contributed by atoms with Gasteiger partial charge in [0.1, 0.15) is 5.75 Å². The van der Waals surface area contributed by atoms with Gasteiger partial charge >= 0.3 is 0 Å². The summed E-state index contributed by atoms with van der Waals surface area (Å²) in [5, 5.41) is 3.52. The molecule has 4 N–H and O–H groups in total. The van der Waals surface area contributed by atoms with E-state index in [0.29, 0.717) is 22.6 Å². The minimum atomic E-state index is -3.92. The highest BCUT2D eigenvalue weighted by molar-refractivity contribution is 7.92. The average molecular weight is 463 g/mol. The van der Waals surface area contributed by atoms with Gasteiger partial charge in [-0.2, -0.15) is 0 Å². The van der Waals surface area contributed by atoms with Gasteiger partial charge in [0.2, 0.25) is 0 Å². The first-order valence-corrected chi connectivity index (χ1v) is 11.9. The minimum Gasteiger partial charge on any atom is -0.495 e. The fraction of sp³-hybridized carbons (Fsp3) is 0.333. The van der Waals surface area contributed by atoms with E-state index < -0.39 is 15.9 Å². The Bertz CT molecular complexity index is 1040. The molecule has 0 bridgehead atoms. The maximum atomic E-state index is 12.8. The predicted molar refractivity (Wildman–Crippen MR) is 123 cm³/mol. The summed E-state index contributed by atoms with van der Waals surface area (Å²) < 4.78 is 33.2. The van der Waals surface area contributed by atoms with Crippen LogP contribution in [-0.2, 0) is 10.0 Å². The van der Waals surface area contributed by atoms with Crippen molar-refractivity contribution in [2.45, 2.75) is 43.0 Å². The highest BCUT2D eigenvalue weighted by atomic mass is 32.2.